The van der Waals surface area contributed by atoms with E-state index in [4.69, 9.17) is 26.4 Å². The van der Waals surface area contributed by atoms with Gasteiger partial charge in [-0.3, -0.25) is 14.5 Å². The van der Waals surface area contributed by atoms with Crippen LogP contribution >= 0.6 is 28.1 Å². The van der Waals surface area contributed by atoms with Crippen LogP contribution < -0.4 is 14.4 Å². The minimum Gasteiger partial charge on any atom is -0.493 e. The molecular weight excluding hydrogens is 568 g/mol. The molecule has 1 heterocycles. The number of carbonyl (C=O) groups is 2. The third kappa shape index (κ3) is 5.89. The van der Waals surface area contributed by atoms with E-state index in [1.807, 2.05) is 60.7 Å². The van der Waals surface area contributed by atoms with Crippen molar-refractivity contribution in [2.24, 2.45) is 0 Å². The average molecular weight is 596 g/mol. The van der Waals surface area contributed by atoms with E-state index in [0.717, 1.165) is 17.5 Å². The van der Waals surface area contributed by atoms with Gasteiger partial charge in [0.25, 0.3) is 5.91 Å². The van der Waals surface area contributed by atoms with Gasteiger partial charge in [-0.15, -0.1) is 0 Å². The third-order valence-corrected chi connectivity index (χ3v) is 7.03. The number of anilines is 1. The summed E-state index contributed by atoms with van der Waals surface area (Å²) in [6, 6.07) is 21.0. The number of aryl methyl sites for hydroxylation is 1. The quantitative estimate of drug-likeness (QED) is 0.177. The maximum atomic E-state index is 13.6. The molecule has 38 heavy (non-hydrogen) atoms. The minimum atomic E-state index is -0.516. The molecule has 1 amide bonds. The summed E-state index contributed by atoms with van der Waals surface area (Å²) in [5.74, 6) is 0.165. The van der Waals surface area contributed by atoms with Gasteiger partial charge in [0.05, 0.1) is 24.4 Å². The van der Waals surface area contributed by atoms with Crippen molar-refractivity contribution in [1.29, 1.82) is 0 Å². The SMILES string of the molecule is CCc1ccc(N2C(=O)/C(=C/c3cc(Br)c(OCc4ccccc4)c(OC)c3)N(CC(=O)OC)C2=S)cc1. The highest BCUT2D eigenvalue weighted by atomic mass is 79.9. The first-order valence-corrected chi connectivity index (χ1v) is 13.1. The first-order valence-electron chi connectivity index (χ1n) is 11.9. The zero-order valence-electron chi connectivity index (χ0n) is 21.3. The Balaban J connectivity index is 1.69. The number of thiocarbonyl (C=S) groups is 1. The maximum absolute atomic E-state index is 13.6. The summed E-state index contributed by atoms with van der Waals surface area (Å²) in [6.45, 7) is 2.22. The number of halogens is 1. The van der Waals surface area contributed by atoms with E-state index in [9.17, 15) is 9.59 Å². The van der Waals surface area contributed by atoms with Crippen molar-refractivity contribution in [3.63, 3.8) is 0 Å². The fraction of sp³-hybridized carbons (Fsp3) is 0.207. The number of benzene rings is 3. The Labute approximate surface area is 235 Å². The number of ether oxygens (including phenoxy) is 3. The van der Waals surface area contributed by atoms with Crippen LogP contribution in [0.2, 0.25) is 0 Å². The van der Waals surface area contributed by atoms with E-state index in [0.29, 0.717) is 33.8 Å². The molecule has 3 aromatic carbocycles. The molecule has 0 saturated carbocycles. The van der Waals surface area contributed by atoms with Gasteiger partial charge in [-0.1, -0.05) is 49.4 Å². The molecule has 0 N–H and O–H groups in total. The Bertz CT molecular complexity index is 1380. The summed E-state index contributed by atoms with van der Waals surface area (Å²) in [6.07, 6.45) is 2.55. The van der Waals surface area contributed by atoms with Crippen LogP contribution in [0.15, 0.2) is 76.9 Å². The van der Waals surface area contributed by atoms with E-state index >= 15 is 0 Å². The van der Waals surface area contributed by atoms with Crippen molar-refractivity contribution in [2.75, 3.05) is 25.7 Å². The summed E-state index contributed by atoms with van der Waals surface area (Å²) < 4.78 is 17.1. The smallest absolute Gasteiger partial charge is 0.325 e. The van der Waals surface area contributed by atoms with E-state index in [1.165, 1.54) is 16.9 Å². The number of nitrogens with zero attached hydrogens (tertiary/aromatic N) is 2. The molecule has 196 valence electrons. The lowest BCUT2D eigenvalue weighted by molar-refractivity contribution is -0.140. The first kappa shape index (κ1) is 27.3. The first-order chi connectivity index (χ1) is 18.4. The molecule has 0 atom stereocenters. The molecule has 1 aliphatic heterocycles. The third-order valence-electron chi connectivity index (χ3n) is 6.03. The van der Waals surface area contributed by atoms with Crippen molar-refractivity contribution < 1.29 is 23.8 Å². The molecule has 0 aromatic heterocycles. The van der Waals surface area contributed by atoms with Crippen LogP contribution in [0, 0.1) is 0 Å². The summed E-state index contributed by atoms with van der Waals surface area (Å²) >= 11 is 9.22. The van der Waals surface area contributed by atoms with Crippen LogP contribution in [-0.4, -0.2) is 42.7 Å². The Hall–Kier alpha value is -3.69. The van der Waals surface area contributed by atoms with Gasteiger partial charge in [0.1, 0.15) is 18.8 Å². The molecule has 1 saturated heterocycles. The second-order valence-corrected chi connectivity index (χ2v) is 9.66. The normalized spacial score (nSPS) is 14.3. The minimum absolute atomic E-state index is 0.199. The summed E-state index contributed by atoms with van der Waals surface area (Å²) in [5, 5.41) is 0.199. The molecule has 4 rings (SSSR count). The monoisotopic (exact) mass is 594 g/mol. The van der Waals surface area contributed by atoms with Crippen molar-refractivity contribution in [2.45, 2.75) is 20.0 Å². The average Bonchev–Trinajstić information content (AvgIpc) is 3.16. The molecule has 3 aromatic rings. The molecule has 0 aliphatic carbocycles. The lowest BCUT2D eigenvalue weighted by Crippen LogP contribution is -2.35. The largest absolute Gasteiger partial charge is 0.493 e. The second kappa shape index (κ2) is 12.2. The Morgan fingerprint density at radius 2 is 1.74 bits per heavy atom. The molecule has 1 aliphatic rings. The molecular formula is C29H27BrN2O5S. The Morgan fingerprint density at radius 3 is 2.37 bits per heavy atom. The van der Waals surface area contributed by atoms with E-state index in [1.54, 1.807) is 19.3 Å². The van der Waals surface area contributed by atoms with Crippen LogP contribution in [0.5, 0.6) is 11.5 Å². The van der Waals surface area contributed by atoms with Crippen LogP contribution in [-0.2, 0) is 27.4 Å². The van der Waals surface area contributed by atoms with E-state index in [2.05, 4.69) is 22.9 Å². The van der Waals surface area contributed by atoms with Crippen molar-refractivity contribution >= 4 is 56.9 Å². The zero-order chi connectivity index (χ0) is 27.2. The molecule has 1 fully saturated rings. The van der Waals surface area contributed by atoms with Crippen molar-refractivity contribution in [1.82, 2.24) is 4.90 Å². The van der Waals surface area contributed by atoms with Crippen LogP contribution in [0.3, 0.4) is 0 Å². The number of esters is 1. The molecule has 0 unspecified atom stereocenters. The zero-order valence-corrected chi connectivity index (χ0v) is 23.7. The van der Waals surface area contributed by atoms with Gasteiger partial charge in [0.2, 0.25) is 0 Å². The number of hydrogen-bond donors (Lipinski definition) is 0. The number of carbonyl (C=O) groups excluding carboxylic acids is 2. The molecule has 0 spiro atoms. The number of methoxy groups -OCH3 is 2. The maximum Gasteiger partial charge on any atom is 0.325 e. The van der Waals surface area contributed by atoms with E-state index < -0.39 is 5.97 Å². The van der Waals surface area contributed by atoms with Gasteiger partial charge >= 0.3 is 5.97 Å². The Kier molecular flexibility index (Phi) is 8.81. The van der Waals surface area contributed by atoms with Crippen molar-refractivity contribution in [3.05, 3.63) is 93.6 Å². The highest BCUT2D eigenvalue weighted by Gasteiger charge is 2.40. The van der Waals surface area contributed by atoms with Crippen molar-refractivity contribution in [3.8, 4) is 11.5 Å². The predicted molar refractivity (Wildman–Crippen MR) is 154 cm³/mol. The van der Waals surface area contributed by atoms with Gasteiger partial charge in [-0.2, -0.15) is 0 Å². The second-order valence-electron chi connectivity index (χ2n) is 8.44. The fourth-order valence-electron chi connectivity index (χ4n) is 3.99. The van der Waals surface area contributed by atoms with Gasteiger partial charge in [-0.25, -0.2) is 0 Å². The van der Waals surface area contributed by atoms with Gasteiger partial charge in [-0.05, 0) is 81.6 Å². The molecule has 0 radical (unpaired) electrons. The Morgan fingerprint density at radius 1 is 1.03 bits per heavy atom. The van der Waals surface area contributed by atoms with Gasteiger partial charge < -0.3 is 19.1 Å². The standard InChI is InChI=1S/C29H27BrN2O5S/c1-4-19-10-12-22(13-11-19)32-28(34)24(31(29(32)38)17-26(33)36-3)15-21-14-23(30)27(25(16-21)35-2)37-18-20-8-6-5-7-9-20/h5-16H,4,17-18H2,1-3H3/b24-15-. The van der Waals surface area contributed by atoms with Gasteiger partial charge in [0.15, 0.2) is 16.6 Å². The highest BCUT2D eigenvalue weighted by molar-refractivity contribution is 9.10. The topological polar surface area (TPSA) is 68.3 Å². The molecule has 7 nitrogen and oxygen atoms in total. The van der Waals surface area contributed by atoms with E-state index in [-0.39, 0.29) is 23.3 Å². The lowest BCUT2D eigenvalue weighted by Gasteiger charge is -2.19. The highest BCUT2D eigenvalue weighted by Crippen LogP contribution is 2.38. The predicted octanol–water partition coefficient (Wildman–Crippen LogP) is 5.75. The molecule has 9 heteroatoms. The summed E-state index contributed by atoms with van der Waals surface area (Å²) in [7, 11) is 2.85. The number of rotatable bonds is 9. The van der Waals surface area contributed by atoms with Gasteiger partial charge in [0, 0.05) is 0 Å². The lowest BCUT2D eigenvalue weighted by atomic mass is 10.1. The fourth-order valence-corrected chi connectivity index (χ4v) is 4.91. The summed E-state index contributed by atoms with van der Waals surface area (Å²) in [4.78, 5) is 28.7. The molecule has 0 bridgehead atoms. The summed E-state index contributed by atoms with van der Waals surface area (Å²) in [5.41, 5.74) is 3.68. The van der Waals surface area contributed by atoms with Crippen LogP contribution in [0.25, 0.3) is 6.08 Å². The van der Waals surface area contributed by atoms with Crippen LogP contribution in [0.1, 0.15) is 23.6 Å². The number of hydrogen-bond acceptors (Lipinski definition) is 6. The van der Waals surface area contributed by atoms with Crippen LogP contribution in [0.4, 0.5) is 5.69 Å². The number of amides is 1.